The molecule has 1 aliphatic heterocycles. The van der Waals surface area contributed by atoms with E-state index in [0.29, 0.717) is 41.7 Å². The Morgan fingerprint density at radius 1 is 1.00 bits per heavy atom. The molecule has 0 N–H and O–H groups in total. The van der Waals surface area contributed by atoms with Gasteiger partial charge in [0.25, 0.3) is 0 Å². The molecule has 2 aromatic rings. The summed E-state index contributed by atoms with van der Waals surface area (Å²) in [5.41, 5.74) is 1.44. The molecule has 0 spiro atoms. The van der Waals surface area contributed by atoms with Crippen LogP contribution in [0, 0.1) is 5.92 Å². The molecular formula is C27H36N2O6. The summed E-state index contributed by atoms with van der Waals surface area (Å²) in [5, 5.41) is 0. The van der Waals surface area contributed by atoms with E-state index in [2.05, 4.69) is 6.92 Å². The molecule has 190 valence electrons. The average Bonchev–Trinajstić information content (AvgIpc) is 2.90. The van der Waals surface area contributed by atoms with Gasteiger partial charge >= 0.3 is 0 Å². The number of piperidine rings is 1. The van der Waals surface area contributed by atoms with Gasteiger partial charge in [0.15, 0.2) is 11.5 Å². The summed E-state index contributed by atoms with van der Waals surface area (Å²) in [6, 6.07) is 10.5. The number of methoxy groups -OCH3 is 4. The van der Waals surface area contributed by atoms with Crippen molar-refractivity contribution in [1.82, 2.24) is 4.90 Å². The number of carbonyl (C=O) groups is 2. The van der Waals surface area contributed by atoms with Gasteiger partial charge in [-0.25, -0.2) is 0 Å². The van der Waals surface area contributed by atoms with Gasteiger partial charge in [-0.15, -0.1) is 0 Å². The van der Waals surface area contributed by atoms with E-state index in [1.807, 2.05) is 31.3 Å². The lowest BCUT2D eigenvalue weighted by molar-refractivity contribution is -0.137. The molecule has 1 aliphatic rings. The smallest absolute Gasteiger partial charge is 0.227 e. The number of hydrogen-bond donors (Lipinski definition) is 0. The maximum absolute atomic E-state index is 13.6. The molecule has 3 rings (SSSR count). The zero-order valence-electron chi connectivity index (χ0n) is 21.5. The summed E-state index contributed by atoms with van der Waals surface area (Å²) in [6.07, 6.45) is 2.67. The largest absolute Gasteiger partial charge is 0.497 e. The standard InChI is InChI=1S/C27H36N2O6/c1-7-8-15-28(2)27(31)21-13-14-24(30)29(25(21)18-9-11-20(32-3)12-10-18)19-16-22(33-4)26(35-6)23(17-19)34-5/h9-12,16-17,21,25H,7-8,13-15H2,1-6H3/t21-,25+/m1/s1. The predicted molar refractivity (Wildman–Crippen MR) is 135 cm³/mol. The van der Waals surface area contributed by atoms with E-state index < -0.39 is 12.0 Å². The lowest BCUT2D eigenvalue weighted by Gasteiger charge is -2.42. The zero-order chi connectivity index (χ0) is 25.5. The van der Waals surface area contributed by atoms with Gasteiger partial charge in [0, 0.05) is 32.1 Å². The number of ether oxygens (including phenoxy) is 4. The van der Waals surface area contributed by atoms with Crippen LogP contribution in [0.15, 0.2) is 36.4 Å². The van der Waals surface area contributed by atoms with Crippen LogP contribution in [0.25, 0.3) is 0 Å². The van der Waals surface area contributed by atoms with E-state index in [1.54, 1.807) is 29.0 Å². The highest BCUT2D eigenvalue weighted by Crippen LogP contribution is 2.46. The van der Waals surface area contributed by atoms with Crippen molar-refractivity contribution in [1.29, 1.82) is 0 Å². The van der Waals surface area contributed by atoms with E-state index >= 15 is 0 Å². The molecule has 0 aromatic heterocycles. The van der Waals surface area contributed by atoms with Crippen LogP contribution in [0.2, 0.25) is 0 Å². The lowest BCUT2D eigenvalue weighted by atomic mass is 9.82. The second-order valence-corrected chi connectivity index (χ2v) is 8.62. The first kappa shape index (κ1) is 26.2. The minimum absolute atomic E-state index is 0.0317. The summed E-state index contributed by atoms with van der Waals surface area (Å²) in [6.45, 7) is 2.78. The van der Waals surface area contributed by atoms with Crippen LogP contribution in [0.5, 0.6) is 23.0 Å². The van der Waals surface area contributed by atoms with Gasteiger partial charge < -0.3 is 28.7 Å². The molecule has 2 amide bonds. The zero-order valence-corrected chi connectivity index (χ0v) is 21.5. The first-order valence-corrected chi connectivity index (χ1v) is 11.9. The van der Waals surface area contributed by atoms with Crippen molar-refractivity contribution in [3.8, 4) is 23.0 Å². The minimum atomic E-state index is -0.499. The number of unbranched alkanes of at least 4 members (excludes halogenated alkanes) is 1. The molecule has 1 saturated heterocycles. The van der Waals surface area contributed by atoms with Gasteiger partial charge in [0.1, 0.15) is 5.75 Å². The third kappa shape index (κ3) is 5.47. The molecule has 0 radical (unpaired) electrons. The van der Waals surface area contributed by atoms with Crippen molar-refractivity contribution < 1.29 is 28.5 Å². The van der Waals surface area contributed by atoms with Crippen LogP contribution >= 0.6 is 0 Å². The lowest BCUT2D eigenvalue weighted by Crippen LogP contribution is -2.48. The Morgan fingerprint density at radius 3 is 2.14 bits per heavy atom. The Morgan fingerprint density at radius 2 is 1.63 bits per heavy atom. The van der Waals surface area contributed by atoms with E-state index in [0.717, 1.165) is 18.4 Å². The Balaban J connectivity index is 2.14. The van der Waals surface area contributed by atoms with Crippen LogP contribution in [0.3, 0.4) is 0 Å². The molecule has 2 aromatic carbocycles. The maximum atomic E-state index is 13.6. The minimum Gasteiger partial charge on any atom is -0.497 e. The Hall–Kier alpha value is -3.42. The van der Waals surface area contributed by atoms with E-state index in [1.165, 1.54) is 21.3 Å². The Kier molecular flexibility index (Phi) is 8.84. The molecule has 2 atom stereocenters. The van der Waals surface area contributed by atoms with Gasteiger partial charge in [-0.3, -0.25) is 9.59 Å². The Labute approximate surface area is 207 Å². The number of rotatable bonds is 10. The van der Waals surface area contributed by atoms with Crippen molar-refractivity contribution >= 4 is 17.5 Å². The molecule has 0 aliphatic carbocycles. The predicted octanol–water partition coefficient (Wildman–Crippen LogP) is 4.46. The Bertz CT molecular complexity index is 998. The van der Waals surface area contributed by atoms with Crippen molar-refractivity contribution in [2.45, 2.75) is 38.6 Å². The fraction of sp³-hybridized carbons (Fsp3) is 0.481. The number of amides is 2. The monoisotopic (exact) mass is 484 g/mol. The van der Waals surface area contributed by atoms with Gasteiger partial charge in [0.05, 0.1) is 46.1 Å². The first-order chi connectivity index (χ1) is 16.9. The van der Waals surface area contributed by atoms with Crippen molar-refractivity contribution in [3.63, 3.8) is 0 Å². The second kappa shape index (κ2) is 11.8. The number of anilines is 1. The van der Waals surface area contributed by atoms with Crippen LogP contribution in [0.1, 0.15) is 44.2 Å². The summed E-state index contributed by atoms with van der Waals surface area (Å²) in [4.78, 5) is 30.5. The topological polar surface area (TPSA) is 77.5 Å². The molecule has 1 fully saturated rings. The van der Waals surface area contributed by atoms with Crippen LogP contribution in [-0.2, 0) is 9.59 Å². The first-order valence-electron chi connectivity index (χ1n) is 11.9. The molecule has 0 unspecified atom stereocenters. The third-order valence-corrected chi connectivity index (χ3v) is 6.52. The van der Waals surface area contributed by atoms with Crippen molar-refractivity contribution in [2.24, 2.45) is 5.92 Å². The normalized spacial score (nSPS) is 17.7. The summed E-state index contributed by atoms with van der Waals surface area (Å²) >= 11 is 0. The van der Waals surface area contributed by atoms with Gasteiger partial charge in [0.2, 0.25) is 17.6 Å². The van der Waals surface area contributed by atoms with Gasteiger partial charge in [-0.2, -0.15) is 0 Å². The average molecular weight is 485 g/mol. The number of benzene rings is 2. The summed E-state index contributed by atoms with van der Waals surface area (Å²) in [5.74, 6) is 1.59. The molecule has 35 heavy (non-hydrogen) atoms. The molecule has 0 saturated carbocycles. The van der Waals surface area contributed by atoms with Crippen LogP contribution in [0.4, 0.5) is 5.69 Å². The quantitative estimate of drug-likeness (QED) is 0.495. The van der Waals surface area contributed by atoms with Crippen molar-refractivity contribution in [3.05, 3.63) is 42.0 Å². The van der Waals surface area contributed by atoms with E-state index in [4.69, 9.17) is 18.9 Å². The highest BCUT2D eigenvalue weighted by Gasteiger charge is 2.43. The van der Waals surface area contributed by atoms with Crippen molar-refractivity contribution in [2.75, 3.05) is 46.9 Å². The maximum Gasteiger partial charge on any atom is 0.227 e. The fourth-order valence-corrected chi connectivity index (χ4v) is 4.63. The SMILES string of the molecule is CCCCN(C)C(=O)[C@@H]1CCC(=O)N(c2cc(OC)c(OC)c(OC)c2)[C@H]1c1ccc(OC)cc1. The number of nitrogens with zero attached hydrogens (tertiary/aromatic N) is 2. The third-order valence-electron chi connectivity index (χ3n) is 6.52. The fourth-order valence-electron chi connectivity index (χ4n) is 4.63. The number of carbonyl (C=O) groups excluding carboxylic acids is 2. The van der Waals surface area contributed by atoms with Crippen LogP contribution in [-0.4, -0.2) is 58.7 Å². The molecule has 8 heteroatoms. The second-order valence-electron chi connectivity index (χ2n) is 8.62. The number of hydrogen-bond acceptors (Lipinski definition) is 6. The highest BCUT2D eigenvalue weighted by atomic mass is 16.5. The molecule has 8 nitrogen and oxygen atoms in total. The van der Waals surface area contributed by atoms with Gasteiger partial charge in [-0.1, -0.05) is 25.5 Å². The van der Waals surface area contributed by atoms with Crippen LogP contribution < -0.4 is 23.8 Å². The molecular weight excluding hydrogens is 448 g/mol. The molecule has 0 bridgehead atoms. The van der Waals surface area contributed by atoms with E-state index in [9.17, 15) is 9.59 Å². The van der Waals surface area contributed by atoms with E-state index in [-0.39, 0.29) is 18.2 Å². The summed E-state index contributed by atoms with van der Waals surface area (Å²) in [7, 11) is 8.05. The molecule has 1 heterocycles. The summed E-state index contributed by atoms with van der Waals surface area (Å²) < 4.78 is 21.9. The van der Waals surface area contributed by atoms with Gasteiger partial charge in [-0.05, 0) is 30.5 Å². The highest BCUT2D eigenvalue weighted by molar-refractivity contribution is 5.98.